The molecule has 1 unspecified atom stereocenters. The fraction of sp³-hybridized carbons (Fsp3) is 0.545. The second kappa shape index (κ2) is 4.45. The molecule has 1 amide bonds. The van der Waals surface area contributed by atoms with Gasteiger partial charge in [-0.25, -0.2) is 0 Å². The van der Waals surface area contributed by atoms with Gasteiger partial charge in [-0.3, -0.25) is 4.79 Å². The molecule has 1 aliphatic heterocycles. The zero-order chi connectivity index (χ0) is 13.4. The summed E-state index contributed by atoms with van der Waals surface area (Å²) >= 11 is 0. The number of amides is 1. The Kier molecular flexibility index (Phi) is 2.77. The van der Waals surface area contributed by atoms with Crippen molar-refractivity contribution >= 4 is 17.4 Å². The molecule has 1 fully saturated rings. The lowest BCUT2D eigenvalue weighted by atomic mass is 10.2. The molecule has 1 atom stereocenters. The van der Waals surface area contributed by atoms with E-state index in [0.717, 1.165) is 25.2 Å². The Morgan fingerprint density at radius 2 is 2.26 bits per heavy atom. The number of nitrogens with zero attached hydrogens (tertiary/aromatic N) is 7. The predicted octanol–water partition coefficient (Wildman–Crippen LogP) is -0.424. The molecule has 3 rings (SSSR count). The van der Waals surface area contributed by atoms with E-state index in [1.54, 1.807) is 25.1 Å². The van der Waals surface area contributed by atoms with Crippen LogP contribution >= 0.6 is 0 Å². The molecule has 0 aliphatic carbocycles. The summed E-state index contributed by atoms with van der Waals surface area (Å²) in [6.45, 7) is 0.824. The summed E-state index contributed by atoms with van der Waals surface area (Å²) in [5.74, 6) is 0.841. The first kappa shape index (κ1) is 11.8. The van der Waals surface area contributed by atoms with Crippen LogP contribution in [-0.2, 0) is 4.79 Å². The van der Waals surface area contributed by atoms with Gasteiger partial charge in [-0.15, -0.1) is 14.8 Å². The van der Waals surface area contributed by atoms with Gasteiger partial charge in [0.1, 0.15) is 6.04 Å². The van der Waals surface area contributed by atoms with Crippen LogP contribution in [0.5, 0.6) is 0 Å². The number of rotatable bonds is 2. The highest BCUT2D eigenvalue weighted by molar-refractivity contribution is 5.85. The Morgan fingerprint density at radius 3 is 3.05 bits per heavy atom. The molecular weight excluding hydrogens is 246 g/mol. The summed E-state index contributed by atoms with van der Waals surface area (Å²) in [6.07, 6.45) is 1.84. The Balaban J connectivity index is 1.93. The van der Waals surface area contributed by atoms with Crippen LogP contribution in [0.4, 0.5) is 5.82 Å². The number of carbonyl (C=O) groups excluding carboxylic acids is 1. The van der Waals surface area contributed by atoms with Gasteiger partial charge < -0.3 is 9.80 Å². The summed E-state index contributed by atoms with van der Waals surface area (Å²) in [4.78, 5) is 15.8. The first-order chi connectivity index (χ1) is 9.16. The number of tetrazole rings is 1. The van der Waals surface area contributed by atoms with Crippen LogP contribution in [0.3, 0.4) is 0 Å². The lowest BCUT2D eigenvalue weighted by Gasteiger charge is -2.26. The van der Waals surface area contributed by atoms with Crippen molar-refractivity contribution in [2.24, 2.45) is 0 Å². The van der Waals surface area contributed by atoms with E-state index in [-0.39, 0.29) is 11.9 Å². The molecule has 0 spiro atoms. The third-order valence-electron chi connectivity index (χ3n) is 3.33. The third-order valence-corrected chi connectivity index (χ3v) is 3.33. The monoisotopic (exact) mass is 261 g/mol. The van der Waals surface area contributed by atoms with Crippen molar-refractivity contribution in [2.75, 3.05) is 25.5 Å². The molecule has 1 aliphatic rings. The molecule has 0 radical (unpaired) electrons. The van der Waals surface area contributed by atoms with Gasteiger partial charge in [0.15, 0.2) is 11.5 Å². The topological polar surface area (TPSA) is 79.5 Å². The molecule has 8 nitrogen and oxygen atoms in total. The third kappa shape index (κ3) is 1.98. The summed E-state index contributed by atoms with van der Waals surface area (Å²) in [5.41, 5.74) is 0.596. The molecule has 3 heterocycles. The van der Waals surface area contributed by atoms with Crippen LogP contribution in [0.2, 0.25) is 0 Å². The largest absolute Gasteiger partial charge is 0.347 e. The smallest absolute Gasteiger partial charge is 0.244 e. The van der Waals surface area contributed by atoms with Crippen molar-refractivity contribution < 1.29 is 4.79 Å². The Labute approximate surface area is 110 Å². The zero-order valence-electron chi connectivity index (χ0n) is 10.9. The first-order valence-corrected chi connectivity index (χ1v) is 6.20. The molecular formula is C11H15N7O. The maximum absolute atomic E-state index is 12.2. The van der Waals surface area contributed by atoms with Crippen LogP contribution in [0.1, 0.15) is 12.8 Å². The van der Waals surface area contributed by atoms with Crippen LogP contribution in [0.15, 0.2) is 12.1 Å². The normalized spacial score (nSPS) is 19.1. The van der Waals surface area contributed by atoms with Crippen molar-refractivity contribution in [3.8, 4) is 0 Å². The summed E-state index contributed by atoms with van der Waals surface area (Å²) in [7, 11) is 3.55. The number of fused-ring (bicyclic) bond motifs is 1. The predicted molar refractivity (Wildman–Crippen MR) is 67.6 cm³/mol. The van der Waals surface area contributed by atoms with Crippen molar-refractivity contribution in [1.82, 2.24) is 30.2 Å². The van der Waals surface area contributed by atoms with Crippen molar-refractivity contribution in [2.45, 2.75) is 18.9 Å². The van der Waals surface area contributed by atoms with Gasteiger partial charge in [0.25, 0.3) is 0 Å². The van der Waals surface area contributed by atoms with Crippen LogP contribution in [-0.4, -0.2) is 62.7 Å². The molecule has 19 heavy (non-hydrogen) atoms. The highest BCUT2D eigenvalue weighted by Crippen LogP contribution is 2.24. The molecule has 100 valence electrons. The average Bonchev–Trinajstić information content (AvgIpc) is 3.05. The number of hydrogen-bond acceptors (Lipinski definition) is 6. The van der Waals surface area contributed by atoms with Crippen LogP contribution < -0.4 is 4.90 Å². The molecule has 8 heteroatoms. The van der Waals surface area contributed by atoms with E-state index < -0.39 is 0 Å². The van der Waals surface area contributed by atoms with E-state index in [1.807, 2.05) is 11.0 Å². The number of likely N-dealkylation sites (N-methyl/N-ethyl adjacent to an activating group) is 1. The summed E-state index contributed by atoms with van der Waals surface area (Å²) in [6, 6.07) is 3.52. The molecule has 0 saturated carbocycles. The minimum Gasteiger partial charge on any atom is -0.347 e. The van der Waals surface area contributed by atoms with E-state index in [1.165, 1.54) is 4.63 Å². The summed E-state index contributed by atoms with van der Waals surface area (Å²) < 4.78 is 1.38. The molecule has 0 bridgehead atoms. The number of aromatic nitrogens is 5. The second-order valence-electron chi connectivity index (χ2n) is 4.80. The highest BCUT2D eigenvalue weighted by atomic mass is 16.2. The first-order valence-electron chi connectivity index (χ1n) is 6.20. The highest BCUT2D eigenvalue weighted by Gasteiger charge is 2.32. The van der Waals surface area contributed by atoms with E-state index in [0.29, 0.717) is 5.65 Å². The second-order valence-corrected chi connectivity index (χ2v) is 4.80. The SMILES string of the molecule is CN(C)C(=O)C1CCCN1c1ccc2nnnn2n1. The minimum atomic E-state index is -0.142. The Morgan fingerprint density at radius 1 is 1.42 bits per heavy atom. The van der Waals surface area contributed by atoms with Gasteiger partial charge in [0.2, 0.25) is 5.91 Å². The fourth-order valence-electron chi connectivity index (χ4n) is 2.39. The lowest BCUT2D eigenvalue weighted by Crippen LogP contribution is -2.43. The molecule has 2 aromatic heterocycles. The molecule has 0 aromatic carbocycles. The van der Waals surface area contributed by atoms with Gasteiger partial charge in [-0.2, -0.15) is 0 Å². The van der Waals surface area contributed by atoms with Crippen LogP contribution in [0, 0.1) is 0 Å². The van der Waals surface area contributed by atoms with Crippen molar-refractivity contribution in [1.29, 1.82) is 0 Å². The van der Waals surface area contributed by atoms with Crippen LogP contribution in [0.25, 0.3) is 5.65 Å². The Bertz CT molecular complexity index is 608. The fourth-order valence-corrected chi connectivity index (χ4v) is 2.39. The molecule has 1 saturated heterocycles. The van der Waals surface area contributed by atoms with Gasteiger partial charge in [-0.05, 0) is 35.4 Å². The zero-order valence-corrected chi connectivity index (χ0v) is 10.9. The maximum Gasteiger partial charge on any atom is 0.244 e. The van der Waals surface area contributed by atoms with E-state index in [4.69, 9.17) is 0 Å². The van der Waals surface area contributed by atoms with Crippen molar-refractivity contribution in [3.63, 3.8) is 0 Å². The molecule has 0 N–H and O–H groups in total. The van der Waals surface area contributed by atoms with Crippen molar-refractivity contribution in [3.05, 3.63) is 12.1 Å². The lowest BCUT2D eigenvalue weighted by molar-refractivity contribution is -0.129. The van der Waals surface area contributed by atoms with Gasteiger partial charge in [0.05, 0.1) is 0 Å². The number of hydrogen-bond donors (Lipinski definition) is 0. The maximum atomic E-state index is 12.2. The average molecular weight is 261 g/mol. The number of anilines is 1. The standard InChI is InChI=1S/C11H15N7O/c1-16(2)11(19)8-4-3-7-17(8)10-6-5-9-12-14-15-18(9)13-10/h5-6,8H,3-4,7H2,1-2H3. The summed E-state index contributed by atoms with van der Waals surface area (Å²) in [5, 5.41) is 15.5. The quantitative estimate of drug-likeness (QED) is 0.730. The van der Waals surface area contributed by atoms with Gasteiger partial charge >= 0.3 is 0 Å². The Hall–Kier alpha value is -2.25. The number of carbonyl (C=O) groups is 1. The van der Waals surface area contributed by atoms with Gasteiger partial charge in [0, 0.05) is 20.6 Å². The minimum absolute atomic E-state index is 0.108. The van der Waals surface area contributed by atoms with E-state index >= 15 is 0 Å². The van der Waals surface area contributed by atoms with E-state index in [9.17, 15) is 4.79 Å². The van der Waals surface area contributed by atoms with Gasteiger partial charge in [-0.1, -0.05) is 0 Å². The molecule has 2 aromatic rings. The van der Waals surface area contributed by atoms with E-state index in [2.05, 4.69) is 20.6 Å².